The molecule has 1 aromatic heterocycles. The van der Waals surface area contributed by atoms with E-state index in [-0.39, 0.29) is 0 Å². The Morgan fingerprint density at radius 3 is 2.32 bits per heavy atom. The lowest BCUT2D eigenvalue weighted by Crippen LogP contribution is -2.29. The summed E-state index contributed by atoms with van der Waals surface area (Å²) in [5, 5.41) is 18.1. The third kappa shape index (κ3) is 4.33. The van der Waals surface area contributed by atoms with Gasteiger partial charge in [0.05, 0.1) is 4.34 Å². The first kappa shape index (κ1) is 14.6. The Morgan fingerprint density at radius 2 is 1.79 bits per heavy atom. The van der Waals surface area contributed by atoms with Crippen LogP contribution < -0.4 is 5.46 Å². The van der Waals surface area contributed by atoms with Gasteiger partial charge in [-0.15, -0.1) is 11.3 Å². The summed E-state index contributed by atoms with van der Waals surface area (Å²) < 4.78 is 0.810. The van der Waals surface area contributed by atoms with Crippen LogP contribution in [0.1, 0.15) is 10.4 Å². The molecule has 6 heteroatoms. The SMILES string of the molecule is CN(Cc1ccc(B(O)O)cc1)Cc1ccc(Cl)s1. The Bertz CT molecular complexity index is 530. The van der Waals surface area contributed by atoms with E-state index in [0.717, 1.165) is 23.0 Å². The van der Waals surface area contributed by atoms with Crippen molar-refractivity contribution in [2.75, 3.05) is 7.05 Å². The van der Waals surface area contributed by atoms with Gasteiger partial charge in [0.25, 0.3) is 0 Å². The van der Waals surface area contributed by atoms with E-state index in [1.165, 1.54) is 4.88 Å². The first-order chi connectivity index (χ1) is 9.04. The maximum absolute atomic E-state index is 9.03. The Hall–Kier alpha value is -0.845. The first-order valence-electron chi connectivity index (χ1n) is 5.92. The number of hydrogen-bond acceptors (Lipinski definition) is 4. The van der Waals surface area contributed by atoms with Crippen LogP contribution in [0.25, 0.3) is 0 Å². The molecule has 0 aliphatic carbocycles. The smallest absolute Gasteiger partial charge is 0.423 e. The molecule has 0 amide bonds. The van der Waals surface area contributed by atoms with Gasteiger partial charge in [0.2, 0.25) is 0 Å². The largest absolute Gasteiger partial charge is 0.488 e. The number of hydrogen-bond donors (Lipinski definition) is 2. The van der Waals surface area contributed by atoms with Gasteiger partial charge in [-0.25, -0.2) is 0 Å². The maximum Gasteiger partial charge on any atom is 0.488 e. The predicted octanol–water partition coefficient (Wildman–Crippen LogP) is 1.71. The quantitative estimate of drug-likeness (QED) is 0.826. The van der Waals surface area contributed by atoms with Crippen molar-refractivity contribution in [3.63, 3.8) is 0 Å². The molecule has 2 rings (SSSR count). The van der Waals surface area contributed by atoms with Crippen LogP contribution >= 0.6 is 22.9 Å². The topological polar surface area (TPSA) is 43.7 Å². The predicted molar refractivity (Wildman–Crippen MR) is 80.8 cm³/mol. The van der Waals surface area contributed by atoms with Crippen molar-refractivity contribution in [2.45, 2.75) is 13.1 Å². The van der Waals surface area contributed by atoms with Crippen LogP contribution in [0.5, 0.6) is 0 Å². The highest BCUT2D eigenvalue weighted by Gasteiger charge is 2.10. The molecule has 3 nitrogen and oxygen atoms in total. The summed E-state index contributed by atoms with van der Waals surface area (Å²) in [5.41, 5.74) is 1.64. The molecule has 100 valence electrons. The summed E-state index contributed by atoms with van der Waals surface area (Å²) in [7, 11) is 0.641. The molecule has 2 aromatic rings. The van der Waals surface area contributed by atoms with Crippen molar-refractivity contribution < 1.29 is 10.0 Å². The van der Waals surface area contributed by atoms with Gasteiger partial charge in [0.1, 0.15) is 0 Å². The van der Waals surface area contributed by atoms with Crippen LogP contribution in [-0.4, -0.2) is 29.1 Å². The zero-order valence-corrected chi connectivity index (χ0v) is 12.2. The minimum absolute atomic E-state index is 0.511. The van der Waals surface area contributed by atoms with Gasteiger partial charge in [-0.05, 0) is 30.2 Å². The molecular weight excluding hydrogens is 280 g/mol. The molecule has 19 heavy (non-hydrogen) atoms. The molecule has 1 aromatic carbocycles. The van der Waals surface area contributed by atoms with Gasteiger partial charge in [-0.1, -0.05) is 35.9 Å². The van der Waals surface area contributed by atoms with E-state index in [2.05, 4.69) is 4.90 Å². The lowest BCUT2D eigenvalue weighted by atomic mass is 9.80. The van der Waals surface area contributed by atoms with Crippen molar-refractivity contribution in [1.82, 2.24) is 4.90 Å². The molecule has 0 atom stereocenters. The summed E-state index contributed by atoms with van der Waals surface area (Å²) in [4.78, 5) is 3.42. The second-order valence-corrected chi connectivity index (χ2v) is 6.29. The average molecular weight is 296 g/mol. The fraction of sp³-hybridized carbons (Fsp3) is 0.231. The normalized spacial score (nSPS) is 11.0. The zero-order valence-electron chi connectivity index (χ0n) is 10.6. The Balaban J connectivity index is 1.93. The lowest BCUT2D eigenvalue weighted by molar-refractivity contribution is 0.322. The summed E-state index contributed by atoms with van der Waals surface area (Å²) in [6.45, 7) is 1.65. The van der Waals surface area contributed by atoms with Crippen LogP contribution in [-0.2, 0) is 13.1 Å². The van der Waals surface area contributed by atoms with E-state index in [1.54, 1.807) is 23.5 Å². The molecule has 0 unspecified atom stereocenters. The number of nitrogens with zero attached hydrogens (tertiary/aromatic N) is 1. The summed E-state index contributed by atoms with van der Waals surface area (Å²) >= 11 is 7.49. The van der Waals surface area contributed by atoms with Gasteiger partial charge in [0.15, 0.2) is 0 Å². The van der Waals surface area contributed by atoms with E-state index in [9.17, 15) is 0 Å². The molecule has 0 spiro atoms. The maximum atomic E-state index is 9.03. The van der Waals surface area contributed by atoms with Gasteiger partial charge in [-0.3, -0.25) is 4.90 Å². The molecule has 0 aliphatic rings. The standard InChI is InChI=1S/C13H15BClNO2S/c1-16(9-12-6-7-13(15)19-12)8-10-2-4-11(5-3-10)14(17)18/h2-7,17-18H,8-9H2,1H3. The van der Waals surface area contributed by atoms with Gasteiger partial charge >= 0.3 is 7.12 Å². The van der Waals surface area contributed by atoms with Crippen LogP contribution in [0, 0.1) is 0 Å². The average Bonchev–Trinajstić information content (AvgIpc) is 2.75. The Labute approximate surface area is 122 Å². The molecule has 1 heterocycles. The molecule has 0 radical (unpaired) electrons. The Kier molecular flexibility index (Phi) is 5.02. The van der Waals surface area contributed by atoms with Crippen molar-refractivity contribution in [1.29, 1.82) is 0 Å². The fourth-order valence-corrected chi connectivity index (χ4v) is 3.03. The highest BCUT2D eigenvalue weighted by molar-refractivity contribution is 7.16. The summed E-state index contributed by atoms with van der Waals surface area (Å²) in [6.07, 6.45) is 0. The molecule has 2 N–H and O–H groups in total. The van der Waals surface area contributed by atoms with Crippen LogP contribution in [0.15, 0.2) is 36.4 Å². The van der Waals surface area contributed by atoms with E-state index >= 15 is 0 Å². The second kappa shape index (κ2) is 6.54. The van der Waals surface area contributed by atoms with Gasteiger partial charge < -0.3 is 10.0 Å². The minimum Gasteiger partial charge on any atom is -0.423 e. The molecular formula is C13H15BClNO2S. The summed E-state index contributed by atoms with van der Waals surface area (Å²) in [5.74, 6) is 0. The van der Waals surface area contributed by atoms with E-state index < -0.39 is 7.12 Å². The van der Waals surface area contributed by atoms with Crippen LogP contribution in [0.2, 0.25) is 4.34 Å². The molecule has 0 saturated heterocycles. The van der Waals surface area contributed by atoms with Crippen molar-refractivity contribution in [3.8, 4) is 0 Å². The van der Waals surface area contributed by atoms with Crippen molar-refractivity contribution in [2.24, 2.45) is 0 Å². The first-order valence-corrected chi connectivity index (χ1v) is 7.12. The van der Waals surface area contributed by atoms with Gasteiger partial charge in [-0.2, -0.15) is 0 Å². The second-order valence-electron chi connectivity index (χ2n) is 4.49. The number of halogens is 1. The minimum atomic E-state index is -1.40. The number of thiophene rings is 1. The Morgan fingerprint density at radius 1 is 1.11 bits per heavy atom. The third-order valence-electron chi connectivity index (χ3n) is 2.78. The number of rotatable bonds is 5. The molecule has 0 saturated carbocycles. The number of benzene rings is 1. The monoisotopic (exact) mass is 295 g/mol. The van der Waals surface area contributed by atoms with E-state index in [4.69, 9.17) is 21.6 Å². The fourth-order valence-electron chi connectivity index (χ4n) is 1.87. The zero-order chi connectivity index (χ0) is 13.8. The van der Waals surface area contributed by atoms with Crippen molar-refractivity contribution in [3.05, 3.63) is 51.2 Å². The van der Waals surface area contributed by atoms with E-state index in [1.807, 2.05) is 31.3 Å². The van der Waals surface area contributed by atoms with Gasteiger partial charge in [0, 0.05) is 18.0 Å². The summed E-state index contributed by atoms with van der Waals surface area (Å²) in [6, 6.07) is 11.2. The van der Waals surface area contributed by atoms with Crippen LogP contribution in [0.3, 0.4) is 0 Å². The molecule has 0 aliphatic heterocycles. The highest BCUT2D eigenvalue weighted by atomic mass is 35.5. The van der Waals surface area contributed by atoms with E-state index in [0.29, 0.717) is 5.46 Å². The van der Waals surface area contributed by atoms with Crippen LogP contribution in [0.4, 0.5) is 0 Å². The molecule has 0 bridgehead atoms. The van der Waals surface area contributed by atoms with Crippen molar-refractivity contribution >= 4 is 35.5 Å². The third-order valence-corrected chi connectivity index (χ3v) is 4.00. The molecule has 0 fully saturated rings. The highest BCUT2D eigenvalue weighted by Crippen LogP contribution is 2.22. The lowest BCUT2D eigenvalue weighted by Gasteiger charge is -2.15.